The van der Waals surface area contributed by atoms with E-state index in [-0.39, 0.29) is 5.97 Å². The van der Waals surface area contributed by atoms with Gasteiger partial charge in [-0.2, -0.15) is 0 Å². The Kier molecular flexibility index (Phi) is 5.05. The number of benzene rings is 1. The van der Waals surface area contributed by atoms with E-state index in [4.69, 9.17) is 4.74 Å². The highest BCUT2D eigenvalue weighted by atomic mass is 32.1. The van der Waals surface area contributed by atoms with Crippen LogP contribution in [0.15, 0.2) is 52.8 Å². The van der Waals surface area contributed by atoms with Crippen molar-refractivity contribution in [2.75, 3.05) is 6.61 Å². The fourth-order valence-electron chi connectivity index (χ4n) is 2.73. The van der Waals surface area contributed by atoms with Gasteiger partial charge in [-0.05, 0) is 23.9 Å². The molecule has 2 amide bonds. The lowest BCUT2D eigenvalue weighted by atomic mass is 9.92. The zero-order chi connectivity index (χ0) is 16.9. The van der Waals surface area contributed by atoms with Crippen LogP contribution in [0, 0.1) is 5.92 Å². The molecule has 2 aromatic rings. The molecule has 0 spiro atoms. The van der Waals surface area contributed by atoms with Crippen molar-refractivity contribution in [2.45, 2.75) is 19.4 Å². The highest BCUT2D eigenvalue weighted by Crippen LogP contribution is 2.30. The minimum atomic E-state index is -0.586. The molecule has 3 rings (SSSR count). The Labute approximate surface area is 144 Å². The molecule has 5 nitrogen and oxygen atoms in total. The first kappa shape index (κ1) is 16.4. The van der Waals surface area contributed by atoms with Crippen LogP contribution >= 0.6 is 11.3 Å². The second kappa shape index (κ2) is 7.40. The Hall–Kier alpha value is -2.47. The molecule has 0 saturated carbocycles. The number of aliphatic imine (C=N–C) groups is 1. The van der Waals surface area contributed by atoms with E-state index in [0.29, 0.717) is 18.7 Å². The van der Waals surface area contributed by atoms with Gasteiger partial charge in [0, 0.05) is 17.0 Å². The summed E-state index contributed by atoms with van der Waals surface area (Å²) in [6, 6.07) is 12.8. The van der Waals surface area contributed by atoms with Crippen molar-refractivity contribution in [1.82, 2.24) is 5.32 Å². The largest absolute Gasteiger partial charge is 0.465 e. The van der Waals surface area contributed by atoms with Crippen LogP contribution in [0.1, 0.15) is 23.4 Å². The number of thiophene rings is 1. The van der Waals surface area contributed by atoms with E-state index >= 15 is 0 Å². The average Bonchev–Trinajstić information content (AvgIpc) is 3.09. The van der Waals surface area contributed by atoms with Crippen molar-refractivity contribution in [3.8, 4) is 0 Å². The summed E-state index contributed by atoms with van der Waals surface area (Å²) in [5, 5.41) is 4.69. The van der Waals surface area contributed by atoms with E-state index in [2.05, 4.69) is 10.3 Å². The molecule has 1 N–H and O–H groups in total. The van der Waals surface area contributed by atoms with Crippen molar-refractivity contribution in [3.63, 3.8) is 0 Å². The van der Waals surface area contributed by atoms with Gasteiger partial charge in [-0.25, -0.2) is 9.79 Å². The minimum absolute atomic E-state index is 0.303. The molecule has 0 radical (unpaired) electrons. The summed E-state index contributed by atoms with van der Waals surface area (Å²) in [6.45, 7) is 2.00. The van der Waals surface area contributed by atoms with Gasteiger partial charge in [0.25, 0.3) is 0 Å². The second-order valence-electron chi connectivity index (χ2n) is 5.58. The van der Waals surface area contributed by atoms with Gasteiger partial charge in [0.1, 0.15) is 5.92 Å². The summed E-state index contributed by atoms with van der Waals surface area (Å²) < 4.78 is 5.45. The third-order valence-electron chi connectivity index (χ3n) is 3.92. The first-order valence-electron chi connectivity index (χ1n) is 7.75. The molecule has 24 heavy (non-hydrogen) atoms. The Balaban J connectivity index is 1.68. The van der Waals surface area contributed by atoms with E-state index in [1.807, 2.05) is 47.8 Å². The van der Waals surface area contributed by atoms with Crippen LogP contribution in [0.25, 0.3) is 0 Å². The molecule has 1 aromatic carbocycles. The molecule has 2 unspecified atom stereocenters. The highest BCUT2D eigenvalue weighted by molar-refractivity contribution is 7.10. The summed E-state index contributed by atoms with van der Waals surface area (Å²) in [5.41, 5.74) is 1.60. The molecule has 2 heterocycles. The average molecular weight is 342 g/mol. The molecule has 2 atom stereocenters. The fourth-order valence-corrected chi connectivity index (χ4v) is 3.55. The molecule has 1 aromatic heterocycles. The van der Waals surface area contributed by atoms with Gasteiger partial charge in [-0.3, -0.25) is 4.79 Å². The Bertz CT molecular complexity index is 741. The van der Waals surface area contributed by atoms with Gasteiger partial charge >= 0.3 is 12.0 Å². The first-order chi connectivity index (χ1) is 11.6. The van der Waals surface area contributed by atoms with Gasteiger partial charge in [0.05, 0.1) is 12.6 Å². The molecule has 1 aliphatic heterocycles. The Morgan fingerprint density at radius 1 is 1.25 bits per heavy atom. The number of hydrogen-bond acceptors (Lipinski definition) is 4. The topological polar surface area (TPSA) is 67.8 Å². The minimum Gasteiger partial charge on any atom is -0.465 e. The quantitative estimate of drug-likeness (QED) is 0.847. The third kappa shape index (κ3) is 3.71. The van der Waals surface area contributed by atoms with Gasteiger partial charge < -0.3 is 10.1 Å². The molecule has 0 fully saturated rings. The molecule has 0 aliphatic carbocycles. The lowest BCUT2D eigenvalue weighted by Crippen LogP contribution is -2.44. The Morgan fingerprint density at radius 2 is 2.04 bits per heavy atom. The number of carbonyl (C=O) groups is 2. The molecular weight excluding hydrogens is 324 g/mol. The maximum atomic E-state index is 12.6. The summed E-state index contributed by atoms with van der Waals surface area (Å²) in [7, 11) is 0. The van der Waals surface area contributed by atoms with Gasteiger partial charge in [0.2, 0.25) is 0 Å². The molecular formula is C18H18N2O3S. The van der Waals surface area contributed by atoms with E-state index in [1.54, 1.807) is 6.92 Å². The summed E-state index contributed by atoms with van der Waals surface area (Å²) in [4.78, 5) is 29.1. The van der Waals surface area contributed by atoms with Crippen molar-refractivity contribution < 1.29 is 14.3 Å². The van der Waals surface area contributed by atoms with Crippen LogP contribution in [-0.4, -0.2) is 24.3 Å². The molecule has 0 bridgehead atoms. The maximum Gasteiger partial charge on any atom is 0.341 e. The van der Waals surface area contributed by atoms with Gasteiger partial charge in [0.15, 0.2) is 0 Å². The first-order valence-corrected chi connectivity index (χ1v) is 8.63. The third-order valence-corrected chi connectivity index (χ3v) is 4.88. The smallest absolute Gasteiger partial charge is 0.341 e. The summed E-state index contributed by atoms with van der Waals surface area (Å²) >= 11 is 1.50. The monoisotopic (exact) mass is 342 g/mol. The number of urea groups is 1. The van der Waals surface area contributed by atoms with E-state index in [9.17, 15) is 9.59 Å². The van der Waals surface area contributed by atoms with E-state index in [1.165, 1.54) is 11.3 Å². The normalized spacial score (nSPS) is 20.2. The molecule has 0 saturated heterocycles. The fraction of sp³-hybridized carbons (Fsp3) is 0.278. The van der Waals surface area contributed by atoms with Crippen LogP contribution in [0.4, 0.5) is 4.79 Å². The number of carbonyl (C=O) groups excluding carboxylic acids is 2. The SMILES string of the molecule is CC1=NC(=O)NC(c2cccs2)C1C(=O)OCCc1ccccc1. The van der Waals surface area contributed by atoms with Crippen molar-refractivity contribution in [3.05, 3.63) is 58.3 Å². The number of amides is 2. The van der Waals surface area contributed by atoms with Crippen LogP contribution in [0.2, 0.25) is 0 Å². The number of ether oxygens (including phenoxy) is 1. The lowest BCUT2D eigenvalue weighted by molar-refractivity contribution is -0.146. The predicted molar refractivity (Wildman–Crippen MR) is 93.3 cm³/mol. The molecule has 6 heteroatoms. The van der Waals surface area contributed by atoms with E-state index < -0.39 is 18.0 Å². The molecule has 124 valence electrons. The van der Waals surface area contributed by atoms with Crippen molar-refractivity contribution in [2.24, 2.45) is 10.9 Å². The van der Waals surface area contributed by atoms with Crippen LogP contribution in [0.5, 0.6) is 0 Å². The van der Waals surface area contributed by atoms with Gasteiger partial charge in [-0.1, -0.05) is 36.4 Å². The zero-order valence-electron chi connectivity index (χ0n) is 13.3. The van der Waals surface area contributed by atoms with Crippen molar-refractivity contribution >= 4 is 29.0 Å². The van der Waals surface area contributed by atoms with Crippen LogP contribution < -0.4 is 5.32 Å². The standard InChI is InChI=1S/C18H18N2O3S/c1-12-15(16(20-18(22)19-12)14-8-5-11-24-14)17(21)23-10-9-13-6-3-2-4-7-13/h2-8,11,15-16H,9-10H2,1H3,(H,20,22). The lowest BCUT2D eigenvalue weighted by Gasteiger charge is -2.28. The number of nitrogens with zero attached hydrogens (tertiary/aromatic N) is 1. The number of hydrogen-bond donors (Lipinski definition) is 1. The van der Waals surface area contributed by atoms with Crippen LogP contribution in [0.3, 0.4) is 0 Å². The summed E-state index contributed by atoms with van der Waals surface area (Å²) in [5.74, 6) is -0.942. The van der Waals surface area contributed by atoms with E-state index in [0.717, 1.165) is 10.4 Å². The highest BCUT2D eigenvalue weighted by Gasteiger charge is 2.38. The number of rotatable bonds is 5. The predicted octanol–water partition coefficient (Wildman–Crippen LogP) is 3.38. The van der Waals surface area contributed by atoms with Gasteiger partial charge in [-0.15, -0.1) is 11.3 Å². The summed E-state index contributed by atoms with van der Waals surface area (Å²) in [6.07, 6.45) is 0.658. The molecule has 1 aliphatic rings. The van der Waals surface area contributed by atoms with Crippen LogP contribution in [-0.2, 0) is 16.0 Å². The number of nitrogens with one attached hydrogen (secondary N) is 1. The maximum absolute atomic E-state index is 12.6. The van der Waals surface area contributed by atoms with Crippen molar-refractivity contribution in [1.29, 1.82) is 0 Å². The Morgan fingerprint density at radius 3 is 2.75 bits per heavy atom. The second-order valence-corrected chi connectivity index (χ2v) is 6.56. The number of esters is 1. The zero-order valence-corrected chi connectivity index (χ0v) is 14.1.